The number of carbonyl (C=O) groups is 1. The van der Waals surface area contributed by atoms with Crippen LogP contribution in [-0.2, 0) is 14.6 Å². The smallest absolute Gasteiger partial charge is 0.306 e. The van der Waals surface area contributed by atoms with Crippen LogP contribution in [0, 0.1) is 11.8 Å². The van der Waals surface area contributed by atoms with E-state index in [1.54, 1.807) is 12.1 Å². The minimum absolute atomic E-state index is 0.208. The summed E-state index contributed by atoms with van der Waals surface area (Å²) in [5.41, 5.74) is 0.754. The Morgan fingerprint density at radius 2 is 1.84 bits per heavy atom. The van der Waals surface area contributed by atoms with E-state index in [9.17, 15) is 18.3 Å². The molecule has 0 fully saturated rings. The molecule has 25 heavy (non-hydrogen) atoms. The maximum Gasteiger partial charge on any atom is 0.306 e. The van der Waals surface area contributed by atoms with Crippen molar-refractivity contribution in [2.75, 3.05) is 6.26 Å². The molecule has 1 aromatic heterocycles. The van der Waals surface area contributed by atoms with Gasteiger partial charge in [0.1, 0.15) is 0 Å². The number of rotatable bonds is 8. The lowest BCUT2D eigenvalue weighted by Crippen LogP contribution is -2.20. The van der Waals surface area contributed by atoms with Crippen molar-refractivity contribution in [3.05, 3.63) is 35.7 Å². The van der Waals surface area contributed by atoms with E-state index >= 15 is 0 Å². The van der Waals surface area contributed by atoms with Gasteiger partial charge in [-0.3, -0.25) is 4.79 Å². The van der Waals surface area contributed by atoms with Gasteiger partial charge in [0.2, 0.25) is 0 Å². The Morgan fingerprint density at radius 1 is 1.20 bits per heavy atom. The number of aliphatic carboxylic acids is 1. The minimum atomic E-state index is -3.30. The molecule has 0 saturated carbocycles. The summed E-state index contributed by atoms with van der Waals surface area (Å²) < 4.78 is 23.2. The predicted octanol–water partition coefficient (Wildman–Crippen LogP) is 1.87. The Hall–Kier alpha value is -2.29. The molecule has 1 heterocycles. The lowest BCUT2D eigenvalue weighted by Gasteiger charge is -2.20. The molecule has 1 aromatic carbocycles. The van der Waals surface area contributed by atoms with Crippen LogP contribution < -0.4 is 0 Å². The van der Waals surface area contributed by atoms with Crippen molar-refractivity contribution in [1.29, 1.82) is 0 Å². The summed E-state index contributed by atoms with van der Waals surface area (Å²) in [7, 11) is -3.30. The van der Waals surface area contributed by atoms with Crippen molar-refractivity contribution in [3.8, 4) is 0 Å². The van der Waals surface area contributed by atoms with Crippen molar-refractivity contribution in [3.63, 3.8) is 0 Å². The molecule has 0 amide bonds. The molecule has 0 saturated heterocycles. The molecular weight excluding hydrogens is 344 g/mol. The number of hydrogen-bond acceptors (Lipinski definition) is 6. The summed E-state index contributed by atoms with van der Waals surface area (Å²) in [6, 6.07) is 6.36. The number of hydrogen-bond donors (Lipinski definition) is 2. The molecule has 0 spiro atoms. The second-order valence-corrected chi connectivity index (χ2v) is 8.58. The van der Waals surface area contributed by atoms with Crippen LogP contribution in [-0.4, -0.2) is 46.4 Å². The van der Waals surface area contributed by atoms with Gasteiger partial charge in [-0.15, -0.1) is 10.2 Å². The van der Waals surface area contributed by atoms with E-state index in [2.05, 4.69) is 20.6 Å². The number of nitrogens with zero attached hydrogens (tertiary/aromatic N) is 3. The fraction of sp³-hybridized carbons (Fsp3) is 0.500. The Morgan fingerprint density at radius 3 is 2.28 bits per heavy atom. The maximum absolute atomic E-state index is 11.6. The molecule has 9 heteroatoms. The summed E-state index contributed by atoms with van der Waals surface area (Å²) >= 11 is 0. The van der Waals surface area contributed by atoms with Gasteiger partial charge in [0.05, 0.1) is 10.8 Å². The predicted molar refractivity (Wildman–Crippen MR) is 90.8 cm³/mol. The van der Waals surface area contributed by atoms with E-state index in [0.29, 0.717) is 18.7 Å². The van der Waals surface area contributed by atoms with Gasteiger partial charge in [0, 0.05) is 12.2 Å². The topological polar surface area (TPSA) is 126 Å². The molecule has 136 valence electrons. The van der Waals surface area contributed by atoms with Gasteiger partial charge in [-0.2, -0.15) is 5.21 Å². The highest BCUT2D eigenvalue weighted by molar-refractivity contribution is 7.90. The van der Waals surface area contributed by atoms with Gasteiger partial charge >= 0.3 is 5.97 Å². The molecule has 2 N–H and O–H groups in total. The SMILES string of the molecule is CC(C)C[C@@H](C[C@@H](c1ccc(S(C)(=O)=O)cc1)c1nn[nH]n1)C(=O)O. The summed E-state index contributed by atoms with van der Waals surface area (Å²) in [5.74, 6) is -1.18. The van der Waals surface area contributed by atoms with Crippen LogP contribution in [0.25, 0.3) is 0 Å². The monoisotopic (exact) mass is 366 g/mol. The molecule has 2 rings (SSSR count). The van der Waals surface area contributed by atoms with Crippen LogP contribution in [0.3, 0.4) is 0 Å². The number of H-pyrrole nitrogens is 1. The number of aromatic nitrogens is 4. The Balaban J connectivity index is 2.35. The van der Waals surface area contributed by atoms with Crippen LogP contribution in [0.1, 0.15) is 44.0 Å². The van der Waals surface area contributed by atoms with Crippen LogP contribution in [0.15, 0.2) is 29.2 Å². The highest BCUT2D eigenvalue weighted by Gasteiger charge is 2.28. The van der Waals surface area contributed by atoms with Crippen LogP contribution >= 0.6 is 0 Å². The van der Waals surface area contributed by atoms with Gasteiger partial charge in [0.15, 0.2) is 15.7 Å². The van der Waals surface area contributed by atoms with E-state index < -0.39 is 21.7 Å². The number of carboxylic acid groups (broad SMARTS) is 1. The highest BCUT2D eigenvalue weighted by Crippen LogP contribution is 2.32. The largest absolute Gasteiger partial charge is 0.481 e. The first kappa shape index (κ1) is 19.0. The van der Waals surface area contributed by atoms with Crippen molar-refractivity contribution >= 4 is 15.8 Å². The molecule has 2 aromatic rings. The lowest BCUT2D eigenvalue weighted by atomic mass is 9.84. The highest BCUT2D eigenvalue weighted by atomic mass is 32.2. The fourth-order valence-corrected chi connectivity index (χ4v) is 3.44. The van der Waals surface area contributed by atoms with E-state index in [-0.39, 0.29) is 16.7 Å². The summed E-state index contributed by atoms with van der Waals surface area (Å²) in [6.07, 6.45) is 1.98. The summed E-state index contributed by atoms with van der Waals surface area (Å²) in [4.78, 5) is 11.8. The Kier molecular flexibility index (Phi) is 5.89. The molecule has 0 aliphatic carbocycles. The first-order chi connectivity index (χ1) is 11.7. The van der Waals surface area contributed by atoms with E-state index in [1.165, 1.54) is 12.1 Å². The molecule has 0 radical (unpaired) electrons. The number of carboxylic acids is 1. The Labute approximate surface area is 146 Å². The van der Waals surface area contributed by atoms with E-state index in [4.69, 9.17) is 0 Å². The zero-order chi connectivity index (χ0) is 18.6. The van der Waals surface area contributed by atoms with Crippen molar-refractivity contribution in [2.45, 2.75) is 37.5 Å². The molecule has 8 nitrogen and oxygen atoms in total. The second kappa shape index (κ2) is 7.73. The summed E-state index contributed by atoms with van der Waals surface area (Å²) in [6.45, 7) is 3.94. The minimum Gasteiger partial charge on any atom is -0.481 e. The zero-order valence-corrected chi connectivity index (χ0v) is 15.2. The van der Waals surface area contributed by atoms with Crippen molar-refractivity contribution in [2.24, 2.45) is 11.8 Å². The van der Waals surface area contributed by atoms with E-state index in [0.717, 1.165) is 11.8 Å². The maximum atomic E-state index is 11.6. The van der Waals surface area contributed by atoms with E-state index in [1.807, 2.05) is 13.8 Å². The lowest BCUT2D eigenvalue weighted by molar-refractivity contribution is -0.142. The van der Waals surface area contributed by atoms with Crippen molar-refractivity contribution in [1.82, 2.24) is 20.6 Å². The molecule has 0 aliphatic rings. The number of aromatic amines is 1. The third-order valence-electron chi connectivity index (χ3n) is 4.01. The normalized spacial score (nSPS) is 14.4. The fourth-order valence-electron chi connectivity index (χ4n) is 2.81. The first-order valence-corrected chi connectivity index (χ1v) is 9.83. The number of nitrogens with one attached hydrogen (secondary N) is 1. The number of tetrazole rings is 1. The number of sulfone groups is 1. The summed E-state index contributed by atoms with van der Waals surface area (Å²) in [5, 5.41) is 23.5. The van der Waals surface area contributed by atoms with Gasteiger partial charge in [0.25, 0.3) is 0 Å². The third-order valence-corrected chi connectivity index (χ3v) is 5.14. The number of benzene rings is 1. The van der Waals surface area contributed by atoms with Crippen molar-refractivity contribution < 1.29 is 18.3 Å². The second-order valence-electron chi connectivity index (χ2n) is 6.56. The van der Waals surface area contributed by atoms with Crippen LogP contribution in [0.4, 0.5) is 0 Å². The Bertz CT molecular complexity index is 801. The van der Waals surface area contributed by atoms with Gasteiger partial charge in [-0.1, -0.05) is 31.2 Å². The molecule has 2 atom stereocenters. The third kappa shape index (κ3) is 5.09. The van der Waals surface area contributed by atoms with Crippen LogP contribution in [0.2, 0.25) is 0 Å². The first-order valence-electron chi connectivity index (χ1n) is 7.94. The van der Waals surface area contributed by atoms with Crippen LogP contribution in [0.5, 0.6) is 0 Å². The average molecular weight is 366 g/mol. The molecule has 0 unspecified atom stereocenters. The van der Waals surface area contributed by atoms with Gasteiger partial charge < -0.3 is 5.11 Å². The molecule has 0 bridgehead atoms. The quantitative estimate of drug-likeness (QED) is 0.730. The molecular formula is C16H22N4O4S. The molecule has 0 aliphatic heterocycles. The van der Waals surface area contributed by atoms with Gasteiger partial charge in [-0.05, 0) is 36.5 Å². The average Bonchev–Trinajstić information content (AvgIpc) is 3.04. The standard InChI is InChI=1S/C16H22N4O4S/c1-10(2)8-12(16(21)22)9-14(15-17-19-20-18-15)11-4-6-13(7-5-11)25(3,23)24/h4-7,10,12,14H,8-9H2,1-3H3,(H,21,22)(H,17,18,19,20)/t12-,14-/m0/s1. The zero-order valence-electron chi connectivity index (χ0n) is 14.4. The van der Waals surface area contributed by atoms with Gasteiger partial charge in [-0.25, -0.2) is 8.42 Å².